The van der Waals surface area contributed by atoms with E-state index in [1.54, 1.807) is 34.0 Å². The summed E-state index contributed by atoms with van der Waals surface area (Å²) in [6.45, 7) is 24.6. The molecule has 0 radical (unpaired) electrons. The normalized spacial score (nSPS) is 16.2. The lowest BCUT2D eigenvalue weighted by Gasteiger charge is -2.39. The molecule has 0 spiro atoms. The van der Waals surface area contributed by atoms with Crippen molar-refractivity contribution < 1.29 is 43.2 Å². The molecular weight excluding hydrogens is 1490 g/mol. The number of anilines is 2. The molecule has 5 fully saturated rings. The first-order valence-corrected chi connectivity index (χ1v) is 36.6. The Morgan fingerprint density at radius 3 is 1.48 bits per heavy atom. The number of nitrogens with one attached hydrogen (secondary N) is 1. The minimum atomic E-state index is -0.115. The highest BCUT2D eigenvalue weighted by molar-refractivity contribution is 9.11. The maximum Gasteiger partial charge on any atom is 0.256 e. The number of benzene rings is 3. The van der Waals surface area contributed by atoms with E-state index in [9.17, 15) is 43.2 Å². The van der Waals surface area contributed by atoms with Crippen LogP contribution in [0.4, 0.5) is 11.6 Å². The van der Waals surface area contributed by atoms with Crippen LogP contribution < -0.4 is 15.1 Å². The van der Waals surface area contributed by atoms with Crippen molar-refractivity contribution in [3.63, 3.8) is 0 Å². The number of carbonyl (C=O) groups is 9. The molecule has 0 aliphatic carbocycles. The standard InChI is InChI=1S/C28H30BrN5O3.C27H28BrN5O3.C21H23BrN4O3/c1-3-26(36)34-15-20(16-34)13-22(35)17-33-18-24(23-14-21(29)6-7-25(23)33)28(37)32-11-9-31(10-12-32)27-19(2)5-4-8-30-27;1-2-26(35)33-15-19(16-33)13-21(34)17-32-18-23(22-14-20(28)6-7-24(22)32)27(36)31-11-9-30(10-12-31)25-5-3-4-8-29-25;1-3-21(29)25-9-15(10-25)23-20(28)12-26-18-5-4-14(22)8-17(18)16-6-7-24(13(2)27)11-19(16)26/h3-8,14,18,20H,1,9-13,15-17H2,2H3;2-8,14,18-19H,1,9-13,15-17H2;3-5,8,15H,1,6-7,9-12H2,2H3,(H,23,28). The van der Waals surface area contributed by atoms with Crippen LogP contribution in [-0.2, 0) is 66.2 Å². The molecule has 0 atom stereocenters. The predicted molar refractivity (Wildman–Crippen MR) is 402 cm³/mol. The zero-order valence-electron chi connectivity index (χ0n) is 57.2. The summed E-state index contributed by atoms with van der Waals surface area (Å²) in [5.74, 6) is 2.02. The Hall–Kier alpha value is -9.53. The van der Waals surface area contributed by atoms with E-state index in [0.29, 0.717) is 103 Å². The Labute approximate surface area is 616 Å². The number of ketones is 2. The first-order chi connectivity index (χ1) is 49.1. The molecule has 8 aromatic rings. The van der Waals surface area contributed by atoms with Gasteiger partial charge in [-0.25, -0.2) is 9.97 Å². The number of halogens is 3. The average Bonchev–Trinajstić information content (AvgIpc) is 1.61. The topological polar surface area (TPSA) is 232 Å². The van der Waals surface area contributed by atoms with Crippen molar-refractivity contribution in [2.45, 2.75) is 65.3 Å². The van der Waals surface area contributed by atoms with Crippen molar-refractivity contribution in [2.24, 2.45) is 11.8 Å². The first kappa shape index (κ1) is 72.3. The van der Waals surface area contributed by atoms with Gasteiger partial charge in [0.05, 0.1) is 36.8 Å². The number of piperazine rings is 2. The van der Waals surface area contributed by atoms with E-state index in [1.165, 1.54) is 23.8 Å². The van der Waals surface area contributed by atoms with Crippen LogP contribution in [0.5, 0.6) is 0 Å². The lowest BCUT2D eigenvalue weighted by atomic mass is 9.94. The number of aryl methyl sites for hydroxylation is 1. The van der Waals surface area contributed by atoms with Gasteiger partial charge in [-0.2, -0.15) is 0 Å². The monoisotopic (exact) mass is 1570 g/mol. The van der Waals surface area contributed by atoms with Gasteiger partial charge >= 0.3 is 0 Å². The molecule has 23 nitrogen and oxygen atoms in total. The first-order valence-electron chi connectivity index (χ1n) is 34.2. The summed E-state index contributed by atoms with van der Waals surface area (Å²) >= 11 is 10.6. The zero-order valence-corrected chi connectivity index (χ0v) is 61.9. The molecule has 3 aromatic carbocycles. The molecule has 14 rings (SSSR count). The van der Waals surface area contributed by atoms with Crippen molar-refractivity contribution in [2.75, 3.05) is 108 Å². The third kappa shape index (κ3) is 16.2. The Morgan fingerprint density at radius 2 is 1.00 bits per heavy atom. The molecule has 11 heterocycles. The van der Waals surface area contributed by atoms with Gasteiger partial charge in [0.25, 0.3) is 11.8 Å². The predicted octanol–water partition coefficient (Wildman–Crippen LogP) is 8.86. The van der Waals surface area contributed by atoms with Crippen molar-refractivity contribution in [1.29, 1.82) is 0 Å². The number of pyridine rings is 2. The zero-order chi connectivity index (χ0) is 72.0. The second-order valence-electron chi connectivity index (χ2n) is 26.7. The number of carbonyl (C=O) groups excluding carboxylic acids is 9. The molecule has 5 saturated heterocycles. The van der Waals surface area contributed by atoms with Gasteiger partial charge in [-0.1, -0.05) is 79.7 Å². The lowest BCUT2D eigenvalue weighted by Crippen LogP contribution is -2.61. The van der Waals surface area contributed by atoms with Crippen molar-refractivity contribution in [3.8, 4) is 0 Å². The number of fused-ring (bicyclic) bond motifs is 5. The number of aromatic nitrogens is 5. The van der Waals surface area contributed by atoms with Gasteiger partial charge in [-0.15, -0.1) is 0 Å². The van der Waals surface area contributed by atoms with Gasteiger partial charge in [0.2, 0.25) is 29.5 Å². The SMILES string of the molecule is C=CC(=O)N1CC(CC(=O)Cn2cc(C(=O)N3CCN(c4ccccn4)CC3)c3cc(Br)ccc32)C1.C=CC(=O)N1CC(CC(=O)Cn2cc(C(=O)N3CCN(c4ncccc4C)CC3)c3cc(Br)ccc32)C1.C=CC(=O)N1CC(NC(=O)Cn2c3c(c4cc(Br)ccc42)CCN(C(C)=O)C3)C1. The Bertz CT molecular complexity index is 4610. The van der Waals surface area contributed by atoms with Crippen molar-refractivity contribution in [1.82, 2.24) is 58.4 Å². The number of nitrogens with zero attached hydrogens (tertiary/aromatic N) is 13. The largest absolute Gasteiger partial charge is 0.353 e. The maximum atomic E-state index is 13.6. The molecule has 6 aliphatic heterocycles. The summed E-state index contributed by atoms with van der Waals surface area (Å²) in [5, 5.41) is 5.79. The van der Waals surface area contributed by atoms with E-state index >= 15 is 0 Å². The number of amides is 7. The van der Waals surface area contributed by atoms with Crippen LogP contribution in [0, 0.1) is 18.8 Å². The minimum absolute atomic E-state index is 0.0238. The van der Waals surface area contributed by atoms with Crippen LogP contribution in [0.15, 0.2) is 161 Å². The summed E-state index contributed by atoms with van der Waals surface area (Å²) in [7, 11) is 0. The highest BCUT2D eigenvalue weighted by Crippen LogP contribution is 2.35. The number of Topliss-reactive ketones (excluding diaryl/α,β-unsaturated/α-hetero) is 2. The Morgan fingerprint density at radius 1 is 0.520 bits per heavy atom. The van der Waals surface area contributed by atoms with Crippen molar-refractivity contribution >= 4 is 145 Å². The van der Waals surface area contributed by atoms with Crippen LogP contribution in [0.25, 0.3) is 32.7 Å². The van der Waals surface area contributed by atoms with Gasteiger partial charge in [0.1, 0.15) is 18.2 Å². The van der Waals surface area contributed by atoms with E-state index in [-0.39, 0.29) is 90.4 Å². The molecular formula is C76H81Br3N14O9. The number of rotatable bonds is 18. The number of hydrogen-bond acceptors (Lipinski definition) is 13. The third-order valence-corrected chi connectivity index (χ3v) is 21.3. The van der Waals surface area contributed by atoms with Crippen LogP contribution >= 0.6 is 47.8 Å². The van der Waals surface area contributed by atoms with Gasteiger partial charge in [0, 0.05) is 206 Å². The van der Waals surface area contributed by atoms with Crippen LogP contribution in [0.1, 0.15) is 57.3 Å². The minimum Gasteiger partial charge on any atom is -0.353 e. The summed E-state index contributed by atoms with van der Waals surface area (Å²) < 4.78 is 8.55. The smallest absolute Gasteiger partial charge is 0.256 e. The van der Waals surface area contributed by atoms with Gasteiger partial charge in [-0.05, 0) is 115 Å². The molecule has 0 saturated carbocycles. The second-order valence-corrected chi connectivity index (χ2v) is 29.5. The van der Waals surface area contributed by atoms with Gasteiger partial charge in [-0.3, -0.25) is 43.2 Å². The molecule has 26 heteroatoms. The van der Waals surface area contributed by atoms with Gasteiger partial charge < -0.3 is 58.2 Å². The highest BCUT2D eigenvalue weighted by Gasteiger charge is 2.36. The van der Waals surface area contributed by atoms with E-state index in [1.807, 2.05) is 114 Å². The molecule has 530 valence electrons. The maximum absolute atomic E-state index is 13.6. The quantitative estimate of drug-likeness (QED) is 0.0792. The fourth-order valence-corrected chi connectivity index (χ4v) is 15.5. The second kappa shape index (κ2) is 31.8. The Balaban J connectivity index is 0.000000146. The molecule has 1 N–H and O–H groups in total. The summed E-state index contributed by atoms with van der Waals surface area (Å²) in [6, 6.07) is 27.5. The van der Waals surface area contributed by atoms with Crippen LogP contribution in [0.3, 0.4) is 0 Å². The third-order valence-electron chi connectivity index (χ3n) is 19.8. The van der Waals surface area contributed by atoms with E-state index < -0.39 is 0 Å². The van der Waals surface area contributed by atoms with E-state index in [0.717, 1.165) is 102 Å². The lowest BCUT2D eigenvalue weighted by molar-refractivity contribution is -0.134. The highest BCUT2D eigenvalue weighted by atomic mass is 79.9. The molecule has 0 unspecified atom stereocenters. The van der Waals surface area contributed by atoms with Crippen LogP contribution in [-0.4, -0.2) is 210 Å². The summed E-state index contributed by atoms with van der Waals surface area (Å²) in [4.78, 5) is 136. The van der Waals surface area contributed by atoms with Gasteiger partial charge in [0.15, 0.2) is 11.6 Å². The average molecular weight is 1570 g/mol. The summed E-state index contributed by atoms with van der Waals surface area (Å²) in [6.07, 6.45) is 12.7. The molecule has 5 aromatic heterocycles. The van der Waals surface area contributed by atoms with Crippen molar-refractivity contribution in [3.05, 3.63) is 189 Å². The van der Waals surface area contributed by atoms with E-state index in [2.05, 4.69) is 112 Å². The molecule has 7 amide bonds. The molecule has 102 heavy (non-hydrogen) atoms. The van der Waals surface area contributed by atoms with E-state index in [4.69, 9.17) is 0 Å². The van der Waals surface area contributed by atoms with Crippen LogP contribution in [0.2, 0.25) is 0 Å². The number of hydrogen-bond donors (Lipinski definition) is 1. The fourth-order valence-electron chi connectivity index (χ4n) is 14.4. The number of likely N-dealkylation sites (tertiary alicyclic amines) is 3. The Kier molecular flexibility index (Phi) is 22.5. The summed E-state index contributed by atoms with van der Waals surface area (Å²) in [5.41, 5.74) is 7.29. The fraction of sp³-hybridized carbons (Fsp3) is 0.355. The molecule has 0 bridgehead atoms. The molecule has 6 aliphatic rings.